The molecule has 1 saturated carbocycles. The van der Waals surface area contributed by atoms with Crippen molar-refractivity contribution in [3.8, 4) is 5.75 Å². The predicted octanol–water partition coefficient (Wildman–Crippen LogP) is 1.16. The third-order valence-corrected chi connectivity index (χ3v) is 3.55. The van der Waals surface area contributed by atoms with Crippen molar-refractivity contribution in [3.05, 3.63) is 24.0 Å². The standard InChI is InChI=1S/C13H16N2O4/c16-10-4-9(6-14-7-10)12(19)15-8-13(2-1-3-13)5-11(17)18/h4,6-7,16H,1-3,5,8H2,(H,15,19)(H,17,18). The maximum absolute atomic E-state index is 11.9. The van der Waals surface area contributed by atoms with Crippen molar-refractivity contribution >= 4 is 11.9 Å². The van der Waals surface area contributed by atoms with E-state index in [1.165, 1.54) is 18.5 Å². The predicted molar refractivity (Wildman–Crippen MR) is 66.8 cm³/mol. The Hall–Kier alpha value is -2.11. The van der Waals surface area contributed by atoms with Crippen molar-refractivity contribution in [2.75, 3.05) is 6.54 Å². The van der Waals surface area contributed by atoms with Gasteiger partial charge in [0.1, 0.15) is 5.75 Å². The van der Waals surface area contributed by atoms with Gasteiger partial charge in [-0.05, 0) is 24.3 Å². The molecule has 1 aromatic heterocycles. The fourth-order valence-electron chi connectivity index (χ4n) is 2.34. The van der Waals surface area contributed by atoms with Gasteiger partial charge in [0, 0.05) is 12.7 Å². The summed E-state index contributed by atoms with van der Waals surface area (Å²) in [5.74, 6) is -1.26. The monoisotopic (exact) mass is 264 g/mol. The van der Waals surface area contributed by atoms with Crippen LogP contribution in [0.25, 0.3) is 0 Å². The maximum Gasteiger partial charge on any atom is 0.303 e. The highest BCUT2D eigenvalue weighted by Crippen LogP contribution is 2.43. The van der Waals surface area contributed by atoms with E-state index in [1.807, 2.05) is 0 Å². The van der Waals surface area contributed by atoms with E-state index in [1.54, 1.807) is 0 Å². The molecule has 3 N–H and O–H groups in total. The Morgan fingerprint density at radius 3 is 2.63 bits per heavy atom. The van der Waals surface area contributed by atoms with E-state index in [4.69, 9.17) is 5.11 Å². The van der Waals surface area contributed by atoms with Crippen LogP contribution in [0.5, 0.6) is 5.75 Å². The lowest BCUT2D eigenvalue weighted by atomic mass is 9.66. The third-order valence-electron chi connectivity index (χ3n) is 3.55. The second-order valence-electron chi connectivity index (χ2n) is 5.04. The number of aliphatic carboxylic acids is 1. The molecule has 1 amide bonds. The molecule has 1 heterocycles. The number of hydrogen-bond acceptors (Lipinski definition) is 4. The van der Waals surface area contributed by atoms with Gasteiger partial charge in [0.25, 0.3) is 5.91 Å². The van der Waals surface area contributed by atoms with Gasteiger partial charge in [-0.15, -0.1) is 0 Å². The molecule has 19 heavy (non-hydrogen) atoms. The van der Waals surface area contributed by atoms with Crippen molar-refractivity contribution in [3.63, 3.8) is 0 Å². The fraction of sp³-hybridized carbons (Fsp3) is 0.462. The first-order valence-corrected chi connectivity index (χ1v) is 6.15. The van der Waals surface area contributed by atoms with Crippen molar-refractivity contribution in [2.45, 2.75) is 25.7 Å². The summed E-state index contributed by atoms with van der Waals surface area (Å²) in [6.45, 7) is 0.341. The Morgan fingerprint density at radius 1 is 1.37 bits per heavy atom. The van der Waals surface area contributed by atoms with E-state index in [-0.39, 0.29) is 29.1 Å². The van der Waals surface area contributed by atoms with Gasteiger partial charge in [0.2, 0.25) is 0 Å². The summed E-state index contributed by atoms with van der Waals surface area (Å²) in [7, 11) is 0. The Bertz CT molecular complexity index is 497. The Labute approximate surface area is 110 Å². The smallest absolute Gasteiger partial charge is 0.303 e. The molecule has 0 saturated heterocycles. The molecule has 0 radical (unpaired) electrons. The topological polar surface area (TPSA) is 99.5 Å². The Balaban J connectivity index is 1.94. The molecule has 2 rings (SSSR count). The molecule has 0 aliphatic heterocycles. The third kappa shape index (κ3) is 3.21. The molecule has 6 nitrogen and oxygen atoms in total. The maximum atomic E-state index is 11.9. The average Bonchev–Trinajstić information content (AvgIpc) is 2.31. The van der Waals surface area contributed by atoms with E-state index in [0.29, 0.717) is 6.54 Å². The Morgan fingerprint density at radius 2 is 2.11 bits per heavy atom. The lowest BCUT2D eigenvalue weighted by molar-refractivity contribution is -0.141. The molecule has 1 aromatic rings. The van der Waals surface area contributed by atoms with Gasteiger partial charge in [-0.25, -0.2) is 0 Å². The highest BCUT2D eigenvalue weighted by molar-refractivity contribution is 5.94. The molecule has 0 bridgehead atoms. The van der Waals surface area contributed by atoms with Crippen molar-refractivity contribution in [1.82, 2.24) is 10.3 Å². The number of pyridine rings is 1. The summed E-state index contributed by atoms with van der Waals surface area (Å²) < 4.78 is 0. The van der Waals surface area contributed by atoms with E-state index < -0.39 is 5.97 Å². The van der Waals surface area contributed by atoms with Gasteiger partial charge >= 0.3 is 5.97 Å². The number of carboxylic acids is 1. The van der Waals surface area contributed by atoms with Crippen LogP contribution in [-0.4, -0.2) is 33.6 Å². The molecular formula is C13H16N2O4. The normalized spacial score (nSPS) is 16.4. The van der Waals surface area contributed by atoms with Crippen LogP contribution in [0.1, 0.15) is 36.0 Å². The summed E-state index contributed by atoms with van der Waals surface area (Å²) in [4.78, 5) is 26.4. The van der Waals surface area contributed by atoms with E-state index >= 15 is 0 Å². The molecular weight excluding hydrogens is 248 g/mol. The van der Waals surface area contributed by atoms with Gasteiger partial charge < -0.3 is 15.5 Å². The molecule has 6 heteroatoms. The molecule has 0 aromatic carbocycles. The van der Waals surface area contributed by atoms with Gasteiger partial charge in [0.05, 0.1) is 18.2 Å². The van der Waals surface area contributed by atoms with Crippen LogP contribution in [0.3, 0.4) is 0 Å². The van der Waals surface area contributed by atoms with Crippen LogP contribution >= 0.6 is 0 Å². The number of aromatic nitrogens is 1. The number of carbonyl (C=O) groups excluding carboxylic acids is 1. The minimum atomic E-state index is -0.840. The second kappa shape index (κ2) is 5.26. The van der Waals surface area contributed by atoms with Gasteiger partial charge in [-0.2, -0.15) is 0 Å². The minimum Gasteiger partial charge on any atom is -0.506 e. The van der Waals surface area contributed by atoms with Gasteiger partial charge in [-0.3, -0.25) is 14.6 Å². The summed E-state index contributed by atoms with van der Waals surface area (Å²) in [6, 6.07) is 1.33. The van der Waals surface area contributed by atoms with Crippen LogP contribution in [0.4, 0.5) is 0 Å². The summed E-state index contributed by atoms with van der Waals surface area (Å²) >= 11 is 0. The second-order valence-corrected chi connectivity index (χ2v) is 5.04. The van der Waals surface area contributed by atoms with Crippen LogP contribution in [0, 0.1) is 5.41 Å². The minimum absolute atomic E-state index is 0.0726. The molecule has 1 aliphatic carbocycles. The molecule has 1 fully saturated rings. The quantitative estimate of drug-likeness (QED) is 0.741. The van der Waals surface area contributed by atoms with Gasteiger partial charge in [0.15, 0.2) is 0 Å². The first kappa shape index (κ1) is 13.3. The lowest BCUT2D eigenvalue weighted by Crippen LogP contribution is -2.43. The zero-order valence-corrected chi connectivity index (χ0v) is 10.4. The Kier molecular flexibility index (Phi) is 3.69. The molecule has 0 atom stereocenters. The number of hydrogen-bond donors (Lipinski definition) is 3. The molecule has 0 spiro atoms. The number of nitrogens with one attached hydrogen (secondary N) is 1. The number of rotatable bonds is 5. The number of amides is 1. The van der Waals surface area contributed by atoms with Crippen molar-refractivity contribution in [1.29, 1.82) is 0 Å². The van der Waals surface area contributed by atoms with Crippen LogP contribution < -0.4 is 5.32 Å². The first-order valence-electron chi connectivity index (χ1n) is 6.15. The lowest BCUT2D eigenvalue weighted by Gasteiger charge is -2.40. The highest BCUT2D eigenvalue weighted by atomic mass is 16.4. The molecule has 102 valence electrons. The van der Waals surface area contributed by atoms with Crippen LogP contribution in [-0.2, 0) is 4.79 Å². The van der Waals surface area contributed by atoms with Crippen molar-refractivity contribution in [2.24, 2.45) is 5.41 Å². The average molecular weight is 264 g/mol. The SMILES string of the molecule is O=C(O)CC1(CNC(=O)c2cncc(O)c2)CCC1. The van der Waals surface area contributed by atoms with E-state index in [9.17, 15) is 14.7 Å². The zero-order chi connectivity index (χ0) is 13.9. The van der Waals surface area contributed by atoms with Crippen molar-refractivity contribution < 1.29 is 19.8 Å². The number of carboxylic acid groups (broad SMARTS) is 1. The van der Waals surface area contributed by atoms with Gasteiger partial charge in [-0.1, -0.05) is 6.42 Å². The first-order chi connectivity index (χ1) is 9.01. The number of aromatic hydroxyl groups is 1. The molecule has 1 aliphatic rings. The summed E-state index contributed by atoms with van der Waals surface area (Å²) in [6.07, 6.45) is 5.31. The van der Waals surface area contributed by atoms with E-state index in [2.05, 4.69) is 10.3 Å². The zero-order valence-electron chi connectivity index (χ0n) is 10.4. The largest absolute Gasteiger partial charge is 0.506 e. The molecule has 0 unspecified atom stereocenters. The number of nitrogens with zero attached hydrogens (tertiary/aromatic N) is 1. The fourth-order valence-corrected chi connectivity index (χ4v) is 2.34. The number of carbonyl (C=O) groups is 2. The highest BCUT2D eigenvalue weighted by Gasteiger charge is 2.39. The summed E-state index contributed by atoms with van der Waals surface area (Å²) in [5.41, 5.74) is -0.0454. The van der Waals surface area contributed by atoms with Crippen LogP contribution in [0.15, 0.2) is 18.5 Å². The summed E-state index contributed by atoms with van der Waals surface area (Å²) in [5, 5.41) is 20.8. The van der Waals surface area contributed by atoms with E-state index in [0.717, 1.165) is 19.3 Å². The van der Waals surface area contributed by atoms with Crippen LogP contribution in [0.2, 0.25) is 0 Å².